The number of phenolic OH excluding ortho intramolecular Hbond substituents is 2. The number of phenols is 2. The second-order valence-electron chi connectivity index (χ2n) is 7.28. The lowest BCUT2D eigenvalue weighted by Gasteiger charge is -2.39. The summed E-state index contributed by atoms with van der Waals surface area (Å²) in [6, 6.07) is 2.96. The first-order chi connectivity index (χ1) is 12.3. The number of hydrogen-bond donors (Lipinski definition) is 4. The first-order valence-electron chi connectivity index (χ1n) is 8.72. The third-order valence-electron chi connectivity index (χ3n) is 4.97. The van der Waals surface area contributed by atoms with Gasteiger partial charge in [0.2, 0.25) is 0 Å². The number of ketones is 1. The quantitative estimate of drug-likeness (QED) is 0.485. The number of aliphatic hydroxyl groups is 2. The van der Waals surface area contributed by atoms with Crippen LogP contribution in [0.5, 0.6) is 11.5 Å². The van der Waals surface area contributed by atoms with Crippen molar-refractivity contribution in [1.82, 2.24) is 0 Å². The highest BCUT2D eigenvalue weighted by atomic mass is 16.5. The van der Waals surface area contributed by atoms with Crippen LogP contribution in [0.3, 0.4) is 0 Å². The molecule has 0 aromatic heterocycles. The summed E-state index contributed by atoms with van der Waals surface area (Å²) in [5.41, 5.74) is 2.24. The second-order valence-corrected chi connectivity index (χ2v) is 7.28. The zero-order valence-corrected chi connectivity index (χ0v) is 14.8. The summed E-state index contributed by atoms with van der Waals surface area (Å²) in [6.07, 6.45) is 1.86. The van der Waals surface area contributed by atoms with Gasteiger partial charge in [-0.15, -0.1) is 0 Å². The highest BCUT2D eigenvalue weighted by Gasteiger charge is 2.45. The Morgan fingerprint density at radius 1 is 1.23 bits per heavy atom. The van der Waals surface area contributed by atoms with Crippen LogP contribution in [0.1, 0.15) is 37.8 Å². The average molecular weight is 360 g/mol. The third kappa shape index (κ3) is 3.48. The van der Waals surface area contributed by atoms with Crippen molar-refractivity contribution in [2.45, 2.75) is 51.4 Å². The topological polar surface area (TPSA) is 107 Å². The van der Waals surface area contributed by atoms with E-state index in [-0.39, 0.29) is 29.3 Å². The van der Waals surface area contributed by atoms with Gasteiger partial charge >= 0.3 is 0 Å². The average Bonchev–Trinajstić information content (AvgIpc) is 2.55. The van der Waals surface area contributed by atoms with Crippen LogP contribution in [0.2, 0.25) is 0 Å². The first-order valence-corrected chi connectivity index (χ1v) is 8.72. The number of allylic oxidation sites excluding steroid dienone is 3. The fourth-order valence-electron chi connectivity index (χ4n) is 3.57. The minimum atomic E-state index is -0.976. The van der Waals surface area contributed by atoms with Crippen molar-refractivity contribution in [3.63, 3.8) is 0 Å². The van der Waals surface area contributed by atoms with Gasteiger partial charge in [0.25, 0.3) is 0 Å². The summed E-state index contributed by atoms with van der Waals surface area (Å²) < 4.78 is 5.61. The number of rotatable bonds is 3. The highest BCUT2D eigenvalue weighted by Crippen LogP contribution is 2.39. The minimum absolute atomic E-state index is 0.135. The van der Waals surface area contributed by atoms with Crippen molar-refractivity contribution >= 4 is 11.4 Å². The third-order valence-corrected chi connectivity index (χ3v) is 4.97. The number of Topliss-reactive ketones (excluding diaryl/α,β-unsaturated/α-hetero) is 1. The highest BCUT2D eigenvalue weighted by molar-refractivity contribution is 6.22. The zero-order valence-electron chi connectivity index (χ0n) is 14.8. The maximum atomic E-state index is 12.9. The predicted molar refractivity (Wildman–Crippen MR) is 95.5 cm³/mol. The van der Waals surface area contributed by atoms with E-state index in [0.29, 0.717) is 24.0 Å². The maximum absolute atomic E-state index is 12.9. The van der Waals surface area contributed by atoms with E-state index in [2.05, 4.69) is 0 Å². The summed E-state index contributed by atoms with van der Waals surface area (Å²) in [5.74, 6) is -1.54. The van der Waals surface area contributed by atoms with E-state index in [0.717, 1.165) is 5.57 Å². The van der Waals surface area contributed by atoms with Crippen molar-refractivity contribution in [1.29, 1.82) is 0 Å². The van der Waals surface area contributed by atoms with Gasteiger partial charge in [0.1, 0.15) is 6.10 Å². The molecule has 0 bridgehead atoms. The van der Waals surface area contributed by atoms with Crippen LogP contribution in [0, 0.1) is 5.92 Å². The number of fused-ring (bicyclic) bond motifs is 1. The van der Waals surface area contributed by atoms with Crippen molar-refractivity contribution in [3.05, 3.63) is 41.2 Å². The number of benzene rings is 1. The van der Waals surface area contributed by atoms with E-state index in [9.17, 15) is 25.2 Å². The van der Waals surface area contributed by atoms with Gasteiger partial charge in [0.05, 0.1) is 30.0 Å². The number of carbonyl (C=O) groups is 1. The Morgan fingerprint density at radius 3 is 2.65 bits per heavy atom. The molecule has 6 nitrogen and oxygen atoms in total. The minimum Gasteiger partial charge on any atom is -0.504 e. The summed E-state index contributed by atoms with van der Waals surface area (Å²) >= 11 is 0. The smallest absolute Gasteiger partial charge is 0.175 e. The molecule has 2 aliphatic rings. The van der Waals surface area contributed by atoms with E-state index in [1.54, 1.807) is 6.07 Å². The molecule has 3 rings (SSSR count). The van der Waals surface area contributed by atoms with E-state index in [1.165, 1.54) is 12.3 Å². The van der Waals surface area contributed by atoms with Crippen molar-refractivity contribution in [2.75, 3.05) is 0 Å². The Bertz CT molecular complexity index is 775. The van der Waals surface area contributed by atoms with Gasteiger partial charge in [-0.25, -0.2) is 0 Å². The molecule has 0 spiro atoms. The van der Waals surface area contributed by atoms with Gasteiger partial charge in [-0.3, -0.25) is 4.79 Å². The molecule has 1 aliphatic carbocycles. The molecule has 26 heavy (non-hydrogen) atoms. The molecule has 0 radical (unpaired) electrons. The monoisotopic (exact) mass is 360 g/mol. The Morgan fingerprint density at radius 2 is 1.96 bits per heavy atom. The number of aliphatic hydroxyl groups excluding tert-OH is 2. The molecule has 0 amide bonds. The van der Waals surface area contributed by atoms with Crippen LogP contribution in [0.15, 0.2) is 30.0 Å². The number of aromatic hydroxyl groups is 2. The van der Waals surface area contributed by atoms with E-state index in [1.807, 2.05) is 19.9 Å². The standard InChI is InChI=1S/C20H24O6/c1-10(2)3-4-11-5-12(6-16(23)19(11)24)14-9-26-17-8-13(21)7-15(22)18(17)20(14)25/h3,5-6,9,13,15,17-18,21-24H,4,7-8H2,1-2H3. The second kappa shape index (κ2) is 7.13. The van der Waals surface area contributed by atoms with Crippen LogP contribution in [-0.4, -0.2) is 44.5 Å². The molecule has 4 atom stereocenters. The Balaban J connectivity index is 1.96. The van der Waals surface area contributed by atoms with Gasteiger partial charge in [0, 0.05) is 18.4 Å². The Kier molecular flexibility index (Phi) is 5.07. The number of carbonyl (C=O) groups excluding carboxylic acids is 1. The zero-order chi connectivity index (χ0) is 19.0. The van der Waals surface area contributed by atoms with Crippen LogP contribution in [0.4, 0.5) is 0 Å². The molecule has 140 valence electrons. The summed E-state index contributed by atoms with van der Waals surface area (Å²) in [6.45, 7) is 3.86. The fourth-order valence-corrected chi connectivity index (χ4v) is 3.57. The number of ether oxygens (including phenoxy) is 1. The van der Waals surface area contributed by atoms with Gasteiger partial charge in [-0.1, -0.05) is 11.6 Å². The lowest BCUT2D eigenvalue weighted by Crippen LogP contribution is -2.48. The molecule has 1 aromatic carbocycles. The molecule has 1 fully saturated rings. The Labute approximate surface area is 152 Å². The van der Waals surface area contributed by atoms with Crippen LogP contribution in [0.25, 0.3) is 5.57 Å². The lowest BCUT2D eigenvalue weighted by atomic mass is 9.76. The SMILES string of the molecule is CC(C)=CCc1cc(C2=COC3CC(O)CC(O)C3C2=O)cc(O)c1O. The summed E-state index contributed by atoms with van der Waals surface area (Å²) in [4.78, 5) is 12.9. The van der Waals surface area contributed by atoms with E-state index >= 15 is 0 Å². The molecule has 4 N–H and O–H groups in total. The Hall–Kier alpha value is -2.31. The molecule has 6 heteroatoms. The largest absolute Gasteiger partial charge is 0.504 e. The van der Waals surface area contributed by atoms with Gasteiger partial charge in [-0.2, -0.15) is 0 Å². The summed E-state index contributed by atoms with van der Waals surface area (Å²) in [5, 5.41) is 40.1. The van der Waals surface area contributed by atoms with Crippen LogP contribution >= 0.6 is 0 Å². The molecule has 4 unspecified atom stereocenters. The first kappa shape index (κ1) is 18.5. The predicted octanol–water partition coefficient (Wildman–Crippen LogP) is 2.05. The van der Waals surface area contributed by atoms with Gasteiger partial charge in [-0.05, 0) is 38.0 Å². The van der Waals surface area contributed by atoms with Crippen LogP contribution < -0.4 is 0 Å². The van der Waals surface area contributed by atoms with Crippen molar-refractivity contribution in [2.24, 2.45) is 5.92 Å². The molecular formula is C20H24O6. The summed E-state index contributed by atoms with van der Waals surface area (Å²) in [7, 11) is 0. The molecule has 1 heterocycles. The van der Waals surface area contributed by atoms with Crippen molar-refractivity contribution < 1.29 is 30.0 Å². The van der Waals surface area contributed by atoms with Gasteiger partial charge < -0.3 is 25.2 Å². The number of hydrogen-bond acceptors (Lipinski definition) is 6. The van der Waals surface area contributed by atoms with E-state index in [4.69, 9.17) is 4.74 Å². The molecule has 1 saturated carbocycles. The maximum Gasteiger partial charge on any atom is 0.175 e. The fraction of sp³-hybridized carbons (Fsp3) is 0.450. The molecule has 1 aliphatic heterocycles. The molecular weight excluding hydrogens is 336 g/mol. The van der Waals surface area contributed by atoms with Crippen molar-refractivity contribution in [3.8, 4) is 11.5 Å². The van der Waals surface area contributed by atoms with E-state index < -0.39 is 24.2 Å². The lowest BCUT2D eigenvalue weighted by molar-refractivity contribution is -0.137. The molecule has 1 aromatic rings. The van der Waals surface area contributed by atoms with Gasteiger partial charge in [0.15, 0.2) is 17.3 Å². The normalized spacial score (nSPS) is 28.0. The van der Waals surface area contributed by atoms with Crippen LogP contribution in [-0.2, 0) is 16.0 Å². The molecule has 0 saturated heterocycles.